The summed E-state index contributed by atoms with van der Waals surface area (Å²) in [5.74, 6) is -3.86. The number of carbonyl (C=O) groups excluding carboxylic acids is 3. The minimum atomic E-state index is -0.948. The van der Waals surface area contributed by atoms with Gasteiger partial charge in [-0.05, 0) is 41.5 Å². The Morgan fingerprint density at radius 1 is 0.824 bits per heavy atom. The molecule has 6 rings (SSSR count). The van der Waals surface area contributed by atoms with E-state index in [0.717, 1.165) is 16.0 Å². The van der Waals surface area contributed by atoms with Gasteiger partial charge in [-0.2, -0.15) is 0 Å². The van der Waals surface area contributed by atoms with E-state index in [1.165, 1.54) is 18.2 Å². The van der Waals surface area contributed by atoms with Crippen LogP contribution in [0.1, 0.15) is 17.2 Å². The van der Waals surface area contributed by atoms with Crippen LogP contribution in [0.2, 0.25) is 0 Å². The normalized spacial score (nSPS) is 24.6. The first-order valence-electron chi connectivity index (χ1n) is 11.1. The molecule has 34 heavy (non-hydrogen) atoms. The maximum absolute atomic E-state index is 14.6. The molecule has 7 heteroatoms. The predicted octanol–water partition coefficient (Wildman–Crippen LogP) is 3.98. The Balaban J connectivity index is 1.46. The Bertz CT molecular complexity index is 1360. The van der Waals surface area contributed by atoms with Crippen LogP contribution in [0.15, 0.2) is 85.1 Å². The van der Waals surface area contributed by atoms with Crippen molar-refractivity contribution >= 4 is 35.2 Å². The monoisotopic (exact) mass is 453 g/mol. The van der Waals surface area contributed by atoms with E-state index in [1.54, 1.807) is 36.5 Å². The molecule has 0 aliphatic carbocycles. The molecule has 3 aromatic rings. The molecule has 3 aromatic carbocycles. The van der Waals surface area contributed by atoms with Crippen molar-refractivity contribution in [3.8, 4) is 0 Å². The molecule has 0 saturated carbocycles. The van der Waals surface area contributed by atoms with Crippen LogP contribution < -0.4 is 10.2 Å². The van der Waals surface area contributed by atoms with Gasteiger partial charge in [0.2, 0.25) is 17.7 Å². The number of fused-ring (bicyclic) bond motifs is 5. The first-order chi connectivity index (χ1) is 16.6. The molecule has 3 aliphatic rings. The molecule has 3 heterocycles. The van der Waals surface area contributed by atoms with E-state index in [9.17, 15) is 18.8 Å². The topological polar surface area (TPSA) is 69.7 Å². The molecule has 2 saturated heterocycles. The van der Waals surface area contributed by atoms with E-state index in [1.807, 2.05) is 41.3 Å². The molecule has 2 fully saturated rings. The molecule has 168 valence electrons. The van der Waals surface area contributed by atoms with Gasteiger partial charge in [0.1, 0.15) is 11.9 Å². The van der Waals surface area contributed by atoms with Crippen molar-refractivity contribution in [2.75, 3.05) is 10.2 Å². The van der Waals surface area contributed by atoms with Gasteiger partial charge in [0.05, 0.1) is 23.6 Å². The second kappa shape index (κ2) is 7.66. The average Bonchev–Trinajstić information content (AvgIpc) is 3.33. The lowest BCUT2D eigenvalue weighted by atomic mass is 9.84. The highest BCUT2D eigenvalue weighted by Gasteiger charge is 2.64. The van der Waals surface area contributed by atoms with Crippen LogP contribution in [0.5, 0.6) is 0 Å². The molecular formula is C27H20FN3O3. The SMILES string of the molecule is O=C(Nc1ccccc1)[C@H]1[C@H]2C(=O)N(c3ccccc3F)C(=O)[C@@H]2[C@H]2c3ccccc3C=CN21. The van der Waals surface area contributed by atoms with Gasteiger partial charge >= 0.3 is 0 Å². The van der Waals surface area contributed by atoms with Crippen LogP contribution in [0.25, 0.3) is 6.08 Å². The molecule has 0 aromatic heterocycles. The van der Waals surface area contributed by atoms with E-state index in [2.05, 4.69) is 5.32 Å². The third-order valence-corrected chi connectivity index (χ3v) is 6.86. The number of anilines is 2. The number of hydrogen-bond acceptors (Lipinski definition) is 4. The number of para-hydroxylation sites is 2. The summed E-state index contributed by atoms with van der Waals surface area (Å²) in [5, 5.41) is 2.88. The minimum Gasteiger partial charge on any atom is -0.357 e. The van der Waals surface area contributed by atoms with Crippen molar-refractivity contribution in [2.24, 2.45) is 11.8 Å². The number of nitrogens with one attached hydrogen (secondary N) is 1. The van der Waals surface area contributed by atoms with Crippen LogP contribution in [-0.2, 0) is 14.4 Å². The number of nitrogens with zero attached hydrogens (tertiary/aromatic N) is 2. The van der Waals surface area contributed by atoms with Gasteiger partial charge in [0.25, 0.3) is 0 Å². The molecule has 0 bridgehead atoms. The maximum atomic E-state index is 14.6. The van der Waals surface area contributed by atoms with Gasteiger partial charge in [-0.15, -0.1) is 0 Å². The van der Waals surface area contributed by atoms with E-state index in [4.69, 9.17) is 0 Å². The summed E-state index contributed by atoms with van der Waals surface area (Å²) < 4.78 is 14.6. The van der Waals surface area contributed by atoms with Crippen LogP contribution in [0.3, 0.4) is 0 Å². The Morgan fingerprint density at radius 2 is 1.50 bits per heavy atom. The third-order valence-electron chi connectivity index (χ3n) is 6.86. The fourth-order valence-corrected chi connectivity index (χ4v) is 5.47. The summed E-state index contributed by atoms with van der Waals surface area (Å²) in [6.45, 7) is 0. The van der Waals surface area contributed by atoms with Crippen molar-refractivity contribution in [3.63, 3.8) is 0 Å². The summed E-state index contributed by atoms with van der Waals surface area (Å²) in [5.41, 5.74) is 2.31. The Labute approximate surface area is 195 Å². The van der Waals surface area contributed by atoms with Crippen molar-refractivity contribution in [1.82, 2.24) is 4.90 Å². The highest BCUT2D eigenvalue weighted by Crippen LogP contribution is 2.53. The second-order valence-corrected chi connectivity index (χ2v) is 8.65. The number of carbonyl (C=O) groups is 3. The van der Waals surface area contributed by atoms with Crippen molar-refractivity contribution in [3.05, 3.63) is 102 Å². The number of rotatable bonds is 3. The largest absolute Gasteiger partial charge is 0.357 e. The Morgan fingerprint density at radius 3 is 2.29 bits per heavy atom. The van der Waals surface area contributed by atoms with E-state index in [0.29, 0.717) is 5.69 Å². The fourth-order valence-electron chi connectivity index (χ4n) is 5.47. The highest BCUT2D eigenvalue weighted by atomic mass is 19.1. The highest BCUT2D eigenvalue weighted by molar-refractivity contribution is 6.24. The van der Waals surface area contributed by atoms with E-state index < -0.39 is 41.6 Å². The summed E-state index contributed by atoms with van der Waals surface area (Å²) in [4.78, 5) is 43.7. The fraction of sp³-hybridized carbons (Fsp3) is 0.148. The van der Waals surface area contributed by atoms with Crippen molar-refractivity contribution in [2.45, 2.75) is 12.1 Å². The molecule has 3 amide bonds. The van der Waals surface area contributed by atoms with Crippen molar-refractivity contribution in [1.29, 1.82) is 0 Å². The third kappa shape index (κ3) is 2.90. The summed E-state index contributed by atoms with van der Waals surface area (Å²) in [6, 6.07) is 20.9. The summed E-state index contributed by atoms with van der Waals surface area (Å²) >= 11 is 0. The van der Waals surface area contributed by atoms with Crippen molar-refractivity contribution < 1.29 is 18.8 Å². The number of amides is 3. The molecule has 6 nitrogen and oxygen atoms in total. The molecule has 0 spiro atoms. The molecule has 0 radical (unpaired) electrons. The van der Waals surface area contributed by atoms with Gasteiger partial charge in [-0.3, -0.25) is 14.4 Å². The van der Waals surface area contributed by atoms with Gasteiger partial charge < -0.3 is 10.2 Å². The van der Waals surface area contributed by atoms with Crippen LogP contribution in [0.4, 0.5) is 15.8 Å². The standard InChI is InChI=1S/C27H20FN3O3/c28-19-12-6-7-13-20(19)31-26(33)21-22(27(31)34)24(25(32)29-17-9-2-1-3-10-17)30-15-14-16-8-4-5-11-18(16)23(21)30/h1-15,21-24H,(H,29,32)/t21-,22-,23+,24+/m0/s1. The first-order valence-corrected chi connectivity index (χ1v) is 11.1. The summed E-state index contributed by atoms with van der Waals surface area (Å²) in [7, 11) is 0. The van der Waals surface area contributed by atoms with E-state index >= 15 is 0 Å². The maximum Gasteiger partial charge on any atom is 0.247 e. The number of benzene rings is 3. The first kappa shape index (κ1) is 20.4. The average molecular weight is 453 g/mol. The minimum absolute atomic E-state index is 0.0831. The molecule has 0 unspecified atom stereocenters. The molecular weight excluding hydrogens is 433 g/mol. The van der Waals surface area contributed by atoms with Gasteiger partial charge in [0, 0.05) is 11.9 Å². The Hall–Kier alpha value is -4.26. The lowest BCUT2D eigenvalue weighted by Crippen LogP contribution is -2.46. The smallest absolute Gasteiger partial charge is 0.247 e. The zero-order valence-electron chi connectivity index (χ0n) is 18.0. The Kier molecular flexibility index (Phi) is 4.58. The van der Waals surface area contributed by atoms with Gasteiger partial charge in [-0.25, -0.2) is 9.29 Å². The number of hydrogen-bond donors (Lipinski definition) is 1. The van der Waals surface area contributed by atoms with Crippen LogP contribution >= 0.6 is 0 Å². The predicted molar refractivity (Wildman–Crippen MR) is 125 cm³/mol. The number of imide groups is 1. The molecule has 1 N–H and O–H groups in total. The molecule has 3 aliphatic heterocycles. The summed E-state index contributed by atoms with van der Waals surface area (Å²) in [6.07, 6.45) is 3.67. The lowest BCUT2D eigenvalue weighted by molar-refractivity contribution is -0.128. The van der Waals surface area contributed by atoms with Gasteiger partial charge in [0.15, 0.2) is 0 Å². The number of halogens is 1. The quantitative estimate of drug-likeness (QED) is 0.609. The van der Waals surface area contributed by atoms with Crippen LogP contribution in [-0.4, -0.2) is 28.7 Å². The second-order valence-electron chi connectivity index (χ2n) is 8.65. The zero-order valence-corrected chi connectivity index (χ0v) is 18.0. The van der Waals surface area contributed by atoms with Gasteiger partial charge in [-0.1, -0.05) is 54.6 Å². The van der Waals surface area contributed by atoms with E-state index in [-0.39, 0.29) is 11.6 Å². The molecule has 4 atom stereocenters. The lowest BCUT2D eigenvalue weighted by Gasteiger charge is -2.35. The van der Waals surface area contributed by atoms with Crippen LogP contribution in [0, 0.1) is 17.7 Å². The zero-order chi connectivity index (χ0) is 23.4.